The minimum atomic E-state index is -2.61. The van der Waals surface area contributed by atoms with Crippen LogP contribution in [0.15, 0.2) is 12.1 Å². The molecule has 0 aromatic heterocycles. The molecule has 0 heterocycles. The highest BCUT2D eigenvalue weighted by molar-refractivity contribution is 6.10. The predicted octanol–water partition coefficient (Wildman–Crippen LogP) is 0.376. The molecule has 0 bridgehead atoms. The number of aromatic hydroxyl groups is 1. The van der Waals surface area contributed by atoms with E-state index in [0.717, 1.165) is 0 Å². The first-order valence-electron chi connectivity index (χ1n) is 13.2. The number of carbonyl (C=O) groups is 5. The zero-order valence-corrected chi connectivity index (χ0v) is 22.8. The number of phenols is 1. The molecule has 1 aromatic carbocycles. The van der Waals surface area contributed by atoms with E-state index in [-0.39, 0.29) is 36.4 Å². The number of Topliss-reactive ketones (excluding diaryl/α,β-unsaturated/α-hetero) is 2. The van der Waals surface area contributed by atoms with Crippen LogP contribution in [0.1, 0.15) is 62.9 Å². The highest BCUT2D eigenvalue weighted by Crippen LogP contribution is 2.65. The van der Waals surface area contributed by atoms with E-state index in [1.54, 1.807) is 33.8 Å². The minimum Gasteiger partial charge on any atom is -0.505 e. The number of primary amides is 1. The fraction of sp³-hybridized carbons (Fsp3) is 0.607. The molecule has 218 valence electrons. The van der Waals surface area contributed by atoms with E-state index in [1.165, 1.54) is 6.07 Å². The largest absolute Gasteiger partial charge is 0.505 e. The fourth-order valence-electron chi connectivity index (χ4n) is 8.06. The van der Waals surface area contributed by atoms with Crippen molar-refractivity contribution in [3.05, 3.63) is 23.3 Å². The zero-order valence-electron chi connectivity index (χ0n) is 22.8. The van der Waals surface area contributed by atoms with Crippen LogP contribution < -0.4 is 11.1 Å². The van der Waals surface area contributed by atoms with Crippen LogP contribution >= 0.6 is 0 Å². The quantitative estimate of drug-likeness (QED) is 0.187. The highest BCUT2D eigenvalue weighted by Gasteiger charge is 2.75. The average molecular weight is 561 g/mol. The molecule has 3 aliphatic carbocycles. The van der Waals surface area contributed by atoms with Gasteiger partial charge in [-0.2, -0.15) is 0 Å². The third-order valence-electron chi connectivity index (χ3n) is 9.49. The van der Waals surface area contributed by atoms with Gasteiger partial charge < -0.3 is 36.6 Å². The van der Waals surface area contributed by atoms with E-state index in [9.17, 15) is 44.4 Å². The van der Waals surface area contributed by atoms with Gasteiger partial charge in [-0.1, -0.05) is 33.8 Å². The Balaban J connectivity index is 1.82. The van der Waals surface area contributed by atoms with E-state index in [1.807, 2.05) is 0 Å². The van der Waals surface area contributed by atoms with Gasteiger partial charge in [0.1, 0.15) is 17.8 Å². The Bertz CT molecular complexity index is 1310. The topological polar surface area (TPSA) is 225 Å². The number of anilines is 1. The number of carbonyl (C=O) groups excluding carboxylic acids is 4. The number of benzene rings is 1. The van der Waals surface area contributed by atoms with Crippen LogP contribution in [-0.4, -0.2) is 72.7 Å². The first-order valence-corrected chi connectivity index (χ1v) is 13.2. The zero-order chi connectivity index (χ0) is 30.1. The van der Waals surface area contributed by atoms with E-state index >= 15 is 0 Å². The number of hydrogen-bond donors (Lipinski definition) is 7. The van der Waals surface area contributed by atoms with Gasteiger partial charge in [0.25, 0.3) is 0 Å². The number of hydrogen-bond acceptors (Lipinski definition) is 9. The van der Waals surface area contributed by atoms with Crippen LogP contribution in [0.25, 0.3) is 0 Å². The second kappa shape index (κ2) is 9.64. The maximum Gasteiger partial charge on any atom is 0.303 e. The molecule has 8 N–H and O–H groups in total. The Hall–Kier alpha value is -3.35. The molecular weight excluding hydrogens is 524 g/mol. The van der Waals surface area contributed by atoms with Gasteiger partial charge in [-0.05, 0) is 41.7 Å². The first kappa shape index (κ1) is 29.6. The van der Waals surface area contributed by atoms with Crippen molar-refractivity contribution in [2.45, 2.75) is 71.2 Å². The molecule has 40 heavy (non-hydrogen) atoms. The Morgan fingerprint density at radius 2 is 1.75 bits per heavy atom. The summed E-state index contributed by atoms with van der Waals surface area (Å²) in [4.78, 5) is 62.9. The Labute approximate surface area is 230 Å². The normalized spacial score (nSPS) is 36.9. The molecule has 1 aromatic rings. The number of carboxylic acid groups (broad SMARTS) is 1. The number of carboxylic acids is 1. The molecule has 0 radical (unpaired) electrons. The third-order valence-corrected chi connectivity index (χ3v) is 9.49. The lowest BCUT2D eigenvalue weighted by molar-refractivity contribution is -0.265. The highest BCUT2D eigenvalue weighted by atomic mass is 16.4. The molecule has 2 fully saturated rings. The number of nitrogens with two attached hydrogens (primary N) is 1. The Kier molecular flexibility index (Phi) is 7.14. The SMILES string of the molecule is CC(C)[C@H]1C(O)[C@@H](C(N)=O)C(=O)[C@]2(O)C(O)[C@H]3C(=O)c4c(ccc(NC(=O)CCC(=O)O)c4O)C[C@]3(C)C[C@]12C. The maximum absolute atomic E-state index is 14.0. The molecule has 8 atom stereocenters. The van der Waals surface area contributed by atoms with Crippen molar-refractivity contribution in [3.63, 3.8) is 0 Å². The van der Waals surface area contributed by atoms with Crippen molar-refractivity contribution in [3.8, 4) is 5.75 Å². The number of rotatable bonds is 6. The summed E-state index contributed by atoms with van der Waals surface area (Å²) in [6, 6.07) is 2.93. The molecule has 3 aliphatic rings. The number of aliphatic hydroxyl groups excluding tert-OH is 2. The average Bonchev–Trinajstić information content (AvgIpc) is 2.81. The molecule has 12 heteroatoms. The minimum absolute atomic E-state index is 0.0228. The number of ketones is 2. The molecule has 0 aliphatic heterocycles. The van der Waals surface area contributed by atoms with E-state index < -0.39 is 87.9 Å². The van der Waals surface area contributed by atoms with Gasteiger partial charge in [0, 0.05) is 11.8 Å². The lowest BCUT2D eigenvalue weighted by Crippen LogP contribution is -2.79. The number of nitrogens with one attached hydrogen (secondary N) is 1. The summed E-state index contributed by atoms with van der Waals surface area (Å²) in [5, 5.41) is 57.2. The van der Waals surface area contributed by atoms with Crippen LogP contribution in [0.5, 0.6) is 5.75 Å². The summed E-state index contributed by atoms with van der Waals surface area (Å²) >= 11 is 0. The summed E-state index contributed by atoms with van der Waals surface area (Å²) < 4.78 is 0. The molecule has 2 saturated carbocycles. The summed E-state index contributed by atoms with van der Waals surface area (Å²) in [6.07, 6.45) is -4.14. The molecule has 4 rings (SSSR count). The summed E-state index contributed by atoms with van der Waals surface area (Å²) in [5.41, 5.74) is 0.457. The maximum atomic E-state index is 14.0. The fourth-order valence-corrected chi connectivity index (χ4v) is 8.06. The number of phenolic OH excluding ortho intramolecular Hbond substituents is 1. The lowest BCUT2D eigenvalue weighted by atomic mass is 9.39. The number of aliphatic hydroxyl groups is 3. The van der Waals surface area contributed by atoms with Crippen LogP contribution in [0.4, 0.5) is 5.69 Å². The van der Waals surface area contributed by atoms with Gasteiger partial charge in [0.2, 0.25) is 11.8 Å². The summed E-state index contributed by atoms with van der Waals surface area (Å²) in [5.74, 6) is -9.90. The molecule has 2 amide bonds. The molecule has 0 spiro atoms. The Morgan fingerprint density at radius 1 is 1.12 bits per heavy atom. The lowest BCUT2D eigenvalue weighted by Gasteiger charge is -2.66. The van der Waals surface area contributed by atoms with E-state index in [4.69, 9.17) is 10.8 Å². The van der Waals surface area contributed by atoms with Crippen LogP contribution in [0.2, 0.25) is 0 Å². The standard InChI is InChI=1S/C28H36N2O10/c1-11(2)18-22(36)17(25(29)39)23(37)28(40)24(38)19-21(35)16-12(9-26(19,3)10-27(18,28)4)5-6-13(20(16)34)30-14(31)7-8-15(32)33/h5-6,11,17-19,22,24,34,36,38,40H,7-10H2,1-4H3,(H2,29,39)(H,30,31)(H,32,33)/t17-,18+,19-,22?,24?,26-,27-,28+/m1/s1. The second-order valence-electron chi connectivity index (χ2n) is 12.4. The van der Waals surface area contributed by atoms with Gasteiger partial charge in [-0.25, -0.2) is 0 Å². The summed E-state index contributed by atoms with van der Waals surface area (Å²) in [7, 11) is 0. The van der Waals surface area contributed by atoms with Crippen LogP contribution in [-0.2, 0) is 25.6 Å². The second-order valence-corrected chi connectivity index (χ2v) is 12.4. The smallest absolute Gasteiger partial charge is 0.303 e. The van der Waals surface area contributed by atoms with Gasteiger partial charge in [-0.15, -0.1) is 0 Å². The number of amides is 2. The number of fused-ring (bicyclic) bond motifs is 3. The van der Waals surface area contributed by atoms with Crippen molar-refractivity contribution in [2.75, 3.05) is 5.32 Å². The molecule has 0 saturated heterocycles. The Morgan fingerprint density at radius 3 is 2.30 bits per heavy atom. The molecule has 12 nitrogen and oxygen atoms in total. The van der Waals surface area contributed by atoms with Gasteiger partial charge in [0.05, 0.1) is 29.7 Å². The number of aliphatic carboxylic acids is 1. The van der Waals surface area contributed by atoms with Crippen molar-refractivity contribution < 1.29 is 49.5 Å². The van der Waals surface area contributed by atoms with Crippen molar-refractivity contribution in [1.29, 1.82) is 0 Å². The monoisotopic (exact) mass is 560 g/mol. The molecule has 2 unspecified atom stereocenters. The molecular formula is C28H36N2O10. The predicted molar refractivity (Wildman–Crippen MR) is 139 cm³/mol. The van der Waals surface area contributed by atoms with E-state index in [0.29, 0.717) is 5.56 Å². The van der Waals surface area contributed by atoms with Crippen molar-refractivity contribution >= 4 is 35.0 Å². The van der Waals surface area contributed by atoms with Crippen LogP contribution in [0, 0.1) is 34.5 Å². The van der Waals surface area contributed by atoms with Crippen LogP contribution in [0.3, 0.4) is 0 Å². The first-order chi connectivity index (χ1) is 18.4. The van der Waals surface area contributed by atoms with Gasteiger partial charge in [0.15, 0.2) is 17.2 Å². The summed E-state index contributed by atoms with van der Waals surface area (Å²) in [6.45, 7) is 6.84. The third kappa shape index (κ3) is 4.03. The van der Waals surface area contributed by atoms with E-state index in [2.05, 4.69) is 5.32 Å². The van der Waals surface area contributed by atoms with Crippen molar-refractivity contribution in [1.82, 2.24) is 0 Å². The van der Waals surface area contributed by atoms with Gasteiger partial charge >= 0.3 is 5.97 Å². The van der Waals surface area contributed by atoms with Gasteiger partial charge in [-0.3, -0.25) is 24.0 Å². The van der Waals surface area contributed by atoms with Crippen molar-refractivity contribution in [2.24, 2.45) is 40.2 Å².